The molecule has 0 spiro atoms. The molecule has 1 aromatic heterocycles. The number of hydrogen-bond acceptors (Lipinski definition) is 10. The molecule has 3 atom stereocenters. The Labute approximate surface area is 238 Å². The maximum absolute atomic E-state index is 14.0. The molecule has 0 fully saturated rings. The molecule has 1 aliphatic heterocycles. The first kappa shape index (κ1) is 28.9. The summed E-state index contributed by atoms with van der Waals surface area (Å²) in [5, 5.41) is 9.21. The predicted octanol–water partition coefficient (Wildman–Crippen LogP) is 4.94. The molecule has 1 aliphatic rings. The molecule has 212 valence electrons. The van der Waals surface area contributed by atoms with Crippen molar-refractivity contribution in [2.75, 3.05) is 32.8 Å². The number of nitrogens with one attached hydrogen (secondary N) is 2. The third-order valence-electron chi connectivity index (χ3n) is 7.08. The number of hydrogen-bond donors (Lipinski definition) is 2. The topological polar surface area (TPSA) is 108 Å². The molecule has 0 bridgehead atoms. The summed E-state index contributed by atoms with van der Waals surface area (Å²) in [6.07, 6.45) is 0. The Morgan fingerprint density at radius 3 is 2.42 bits per heavy atom. The second-order valence-electron chi connectivity index (χ2n) is 9.26. The van der Waals surface area contributed by atoms with Crippen LogP contribution < -0.4 is 20.1 Å². The zero-order valence-electron chi connectivity index (χ0n) is 23.6. The molecule has 0 saturated heterocycles. The van der Waals surface area contributed by atoms with Gasteiger partial charge in [0.2, 0.25) is 0 Å². The van der Waals surface area contributed by atoms with Crippen molar-refractivity contribution < 1.29 is 28.5 Å². The Morgan fingerprint density at radius 2 is 1.77 bits per heavy atom. The van der Waals surface area contributed by atoms with Crippen LogP contribution in [0.2, 0.25) is 0 Å². The molecule has 0 radical (unpaired) electrons. The SMILES string of the molecule is CCOC(=O)C1=C(C)NC(C)C(C(=O)OCC)(c2ccccc2)C1Nc1nc(-c2cc(OC)ccc2OC)cs1. The van der Waals surface area contributed by atoms with E-state index in [9.17, 15) is 9.59 Å². The molecule has 4 rings (SSSR count). The lowest BCUT2D eigenvalue weighted by molar-refractivity contribution is -0.152. The van der Waals surface area contributed by atoms with E-state index in [1.165, 1.54) is 11.3 Å². The van der Waals surface area contributed by atoms with Gasteiger partial charge in [-0.3, -0.25) is 4.79 Å². The van der Waals surface area contributed by atoms with Crippen LogP contribution in [0.3, 0.4) is 0 Å². The van der Waals surface area contributed by atoms with Gasteiger partial charge in [0.25, 0.3) is 0 Å². The van der Waals surface area contributed by atoms with Crippen LogP contribution in [0.25, 0.3) is 11.3 Å². The van der Waals surface area contributed by atoms with E-state index in [2.05, 4.69) is 10.6 Å². The average molecular weight is 566 g/mol. The first-order chi connectivity index (χ1) is 19.3. The van der Waals surface area contributed by atoms with E-state index in [1.54, 1.807) is 28.1 Å². The molecule has 2 N–H and O–H groups in total. The minimum absolute atomic E-state index is 0.182. The molecule has 3 unspecified atom stereocenters. The molecule has 3 aromatic rings. The maximum atomic E-state index is 14.0. The van der Waals surface area contributed by atoms with Crippen molar-refractivity contribution >= 4 is 28.4 Å². The van der Waals surface area contributed by atoms with E-state index in [-0.39, 0.29) is 13.2 Å². The number of allylic oxidation sites excluding steroid dienone is 1. The zero-order chi connectivity index (χ0) is 28.9. The van der Waals surface area contributed by atoms with Crippen LogP contribution in [0.4, 0.5) is 5.13 Å². The van der Waals surface area contributed by atoms with Gasteiger partial charge < -0.3 is 29.6 Å². The molecule has 40 heavy (non-hydrogen) atoms. The summed E-state index contributed by atoms with van der Waals surface area (Å²) in [6, 6.07) is 13.6. The van der Waals surface area contributed by atoms with Gasteiger partial charge >= 0.3 is 11.9 Å². The summed E-state index contributed by atoms with van der Waals surface area (Å²) in [5.74, 6) is 0.326. The number of rotatable bonds is 10. The fourth-order valence-corrected chi connectivity index (χ4v) is 6.01. The van der Waals surface area contributed by atoms with Crippen molar-refractivity contribution in [2.45, 2.75) is 45.2 Å². The van der Waals surface area contributed by atoms with Crippen molar-refractivity contribution in [1.82, 2.24) is 10.3 Å². The van der Waals surface area contributed by atoms with Gasteiger partial charge in [0.15, 0.2) is 5.13 Å². The van der Waals surface area contributed by atoms with Gasteiger partial charge in [-0.05, 0) is 51.5 Å². The van der Waals surface area contributed by atoms with Crippen LogP contribution >= 0.6 is 11.3 Å². The van der Waals surface area contributed by atoms with Crippen molar-refractivity contribution in [2.24, 2.45) is 0 Å². The molecule has 2 aromatic carbocycles. The van der Waals surface area contributed by atoms with Crippen LogP contribution in [0.15, 0.2) is 65.2 Å². The fourth-order valence-electron chi connectivity index (χ4n) is 5.27. The normalized spacial score (nSPS) is 20.4. The maximum Gasteiger partial charge on any atom is 0.337 e. The van der Waals surface area contributed by atoms with Crippen molar-refractivity contribution in [3.8, 4) is 22.8 Å². The summed E-state index contributed by atoms with van der Waals surface area (Å²) < 4.78 is 22.1. The third kappa shape index (κ3) is 5.23. The Bertz CT molecular complexity index is 1390. The Kier molecular flexibility index (Phi) is 8.99. The highest BCUT2D eigenvalue weighted by Gasteiger charge is 2.58. The lowest BCUT2D eigenvalue weighted by Crippen LogP contribution is -2.66. The Morgan fingerprint density at radius 1 is 1.05 bits per heavy atom. The van der Waals surface area contributed by atoms with Crippen LogP contribution in [0, 0.1) is 0 Å². The molecule has 10 heteroatoms. The van der Waals surface area contributed by atoms with E-state index in [4.69, 9.17) is 23.9 Å². The third-order valence-corrected chi connectivity index (χ3v) is 7.85. The van der Waals surface area contributed by atoms with Crippen molar-refractivity contribution in [3.63, 3.8) is 0 Å². The number of methoxy groups -OCH3 is 2. The summed E-state index contributed by atoms with van der Waals surface area (Å²) in [5.41, 5.74) is 1.72. The number of anilines is 1. The highest BCUT2D eigenvalue weighted by Crippen LogP contribution is 2.43. The van der Waals surface area contributed by atoms with Gasteiger partial charge in [-0.1, -0.05) is 30.3 Å². The number of aromatic nitrogens is 1. The van der Waals surface area contributed by atoms with Gasteiger partial charge in [0, 0.05) is 22.7 Å². The summed E-state index contributed by atoms with van der Waals surface area (Å²) in [7, 11) is 3.20. The largest absolute Gasteiger partial charge is 0.497 e. The highest BCUT2D eigenvalue weighted by atomic mass is 32.1. The standard InChI is InChI=1S/C30H35N3O6S/c1-7-38-27(34)25-18(3)31-19(4)30(28(35)39-8-2,20-12-10-9-11-13-20)26(25)33-29-32-23(17-40-29)22-16-21(36-5)14-15-24(22)37-6/h9-17,19,26,31H,7-8H2,1-6H3,(H,32,33). The number of carbonyl (C=O) groups excluding carboxylic acids is 2. The molecule has 2 heterocycles. The quantitative estimate of drug-likeness (QED) is 0.331. The molecule has 0 amide bonds. The van der Waals surface area contributed by atoms with Crippen molar-refractivity contribution in [1.29, 1.82) is 0 Å². The van der Waals surface area contributed by atoms with Crippen molar-refractivity contribution in [3.05, 3.63) is 70.7 Å². The predicted molar refractivity (Wildman–Crippen MR) is 155 cm³/mol. The van der Waals surface area contributed by atoms with Gasteiger partial charge in [-0.25, -0.2) is 9.78 Å². The van der Waals surface area contributed by atoms with E-state index < -0.39 is 29.4 Å². The first-order valence-electron chi connectivity index (χ1n) is 13.1. The Balaban J connectivity index is 1.89. The monoisotopic (exact) mass is 565 g/mol. The average Bonchev–Trinajstić information content (AvgIpc) is 3.42. The summed E-state index contributed by atoms with van der Waals surface area (Å²) in [6.45, 7) is 7.61. The van der Waals surface area contributed by atoms with Gasteiger partial charge in [0.05, 0.1) is 44.7 Å². The lowest BCUT2D eigenvalue weighted by atomic mass is 9.64. The Hall–Kier alpha value is -4.05. The smallest absolute Gasteiger partial charge is 0.337 e. The van der Waals surface area contributed by atoms with Crippen LogP contribution in [0.1, 0.15) is 33.3 Å². The second-order valence-corrected chi connectivity index (χ2v) is 10.1. The van der Waals surface area contributed by atoms with E-state index in [0.29, 0.717) is 39.2 Å². The molecular weight excluding hydrogens is 530 g/mol. The molecule has 9 nitrogen and oxygen atoms in total. The van der Waals surface area contributed by atoms with E-state index in [1.807, 2.05) is 67.8 Å². The highest BCUT2D eigenvalue weighted by molar-refractivity contribution is 7.14. The summed E-state index contributed by atoms with van der Waals surface area (Å²) in [4.78, 5) is 32.3. The number of thiazole rings is 1. The lowest BCUT2D eigenvalue weighted by Gasteiger charge is -2.48. The molecular formula is C30H35N3O6S. The fraction of sp³-hybridized carbons (Fsp3) is 0.367. The van der Waals surface area contributed by atoms with Crippen LogP contribution in [0.5, 0.6) is 11.5 Å². The van der Waals surface area contributed by atoms with E-state index in [0.717, 1.165) is 5.56 Å². The second kappa shape index (κ2) is 12.4. The first-order valence-corrected chi connectivity index (χ1v) is 14.0. The minimum atomic E-state index is -1.32. The number of ether oxygens (including phenoxy) is 4. The van der Waals surface area contributed by atoms with Gasteiger partial charge in [-0.15, -0.1) is 11.3 Å². The van der Waals surface area contributed by atoms with Crippen LogP contribution in [-0.2, 0) is 24.5 Å². The number of esters is 2. The van der Waals surface area contributed by atoms with Crippen LogP contribution in [-0.4, -0.2) is 56.4 Å². The zero-order valence-corrected chi connectivity index (χ0v) is 24.4. The number of carbonyl (C=O) groups is 2. The van der Waals surface area contributed by atoms with E-state index >= 15 is 0 Å². The van der Waals surface area contributed by atoms with Gasteiger partial charge in [-0.2, -0.15) is 0 Å². The molecule has 0 saturated carbocycles. The molecule has 0 aliphatic carbocycles. The number of benzene rings is 2. The minimum Gasteiger partial charge on any atom is -0.497 e. The van der Waals surface area contributed by atoms with Gasteiger partial charge in [0.1, 0.15) is 16.9 Å². The summed E-state index contributed by atoms with van der Waals surface area (Å²) >= 11 is 1.36. The number of nitrogens with zero attached hydrogens (tertiary/aromatic N) is 1.